The van der Waals surface area contributed by atoms with Gasteiger partial charge >= 0.3 is 0 Å². The van der Waals surface area contributed by atoms with Crippen molar-refractivity contribution in [3.05, 3.63) is 0 Å². The fourth-order valence-corrected chi connectivity index (χ4v) is 0. The van der Waals surface area contributed by atoms with Crippen LogP contribution in [0.25, 0.3) is 0 Å². The number of hydrogen-bond donors (Lipinski definition) is 2. The second-order valence-electron chi connectivity index (χ2n) is 0.843. The molecular formula is C3H10ClNO. The molecule has 0 heterocycles. The molecule has 0 radical (unpaired) electrons. The molecule has 2 nitrogen and oxygen atoms in total. The molecule has 0 spiro atoms. The van der Waals surface area contributed by atoms with E-state index in [1.807, 2.05) is 6.92 Å². The number of rotatable bonds is 1. The smallest absolute Gasteiger partial charge is 0.127 e. The van der Waals surface area contributed by atoms with Gasteiger partial charge in [0, 0.05) is 0 Å². The third-order valence-corrected chi connectivity index (χ3v) is 0.645. The summed E-state index contributed by atoms with van der Waals surface area (Å²) >= 11 is 5.02. The molecule has 0 rings (SSSR count). The van der Waals surface area contributed by atoms with E-state index in [-0.39, 0.29) is 6.15 Å². The van der Waals surface area contributed by atoms with Gasteiger partial charge in [-0.3, -0.25) is 0 Å². The van der Waals surface area contributed by atoms with Crippen LogP contribution in [0.4, 0.5) is 0 Å². The maximum Gasteiger partial charge on any atom is 0.127 e. The molecule has 40 valence electrons. The average Bonchev–Trinajstić information content (AvgIpc) is 1.38. The number of hydrogen-bond acceptors (Lipinski definition) is 2. The molecular weight excluding hydrogens is 101 g/mol. The van der Waals surface area contributed by atoms with Crippen LogP contribution in [0.15, 0.2) is 0 Å². The molecule has 0 fully saturated rings. The minimum absolute atomic E-state index is 0. The molecule has 3 heteroatoms. The summed E-state index contributed by atoms with van der Waals surface area (Å²) in [6.45, 7) is 1.82. The molecule has 0 saturated carbocycles. The van der Waals surface area contributed by atoms with Crippen molar-refractivity contribution >= 4 is 11.6 Å². The lowest BCUT2D eigenvalue weighted by Gasteiger charge is -1.87. The van der Waals surface area contributed by atoms with Crippen molar-refractivity contribution < 1.29 is 5.11 Å². The van der Waals surface area contributed by atoms with Crippen molar-refractivity contribution in [1.29, 1.82) is 0 Å². The van der Waals surface area contributed by atoms with Gasteiger partial charge in [0.15, 0.2) is 0 Å². The highest BCUT2D eigenvalue weighted by Crippen LogP contribution is 1.91. The molecule has 0 aliphatic carbocycles. The number of halogens is 1. The summed E-state index contributed by atoms with van der Waals surface area (Å²) in [4.78, 5) is 0. The Hall–Kier alpha value is 0.210. The van der Waals surface area contributed by atoms with Crippen molar-refractivity contribution in [2.24, 2.45) is 0 Å². The van der Waals surface area contributed by atoms with Gasteiger partial charge in [-0.05, 0) is 6.42 Å². The molecule has 0 aliphatic rings. The zero-order valence-corrected chi connectivity index (χ0v) is 4.57. The highest BCUT2D eigenvalue weighted by atomic mass is 35.5. The van der Waals surface area contributed by atoms with Gasteiger partial charge in [-0.1, -0.05) is 18.5 Å². The standard InChI is InChI=1S/C3H7ClO.H3N/c1-2-3(4)5;/h3,5H,2H2,1H3;1H3. The lowest BCUT2D eigenvalue weighted by molar-refractivity contribution is 0.252. The Morgan fingerprint density at radius 1 is 1.83 bits per heavy atom. The van der Waals surface area contributed by atoms with Crippen molar-refractivity contribution in [3.63, 3.8) is 0 Å². The van der Waals surface area contributed by atoms with E-state index < -0.39 is 5.56 Å². The summed E-state index contributed by atoms with van der Waals surface area (Å²) in [5.41, 5.74) is -0.644. The quantitative estimate of drug-likeness (QED) is 0.498. The van der Waals surface area contributed by atoms with E-state index in [0.717, 1.165) is 0 Å². The number of aliphatic hydroxyl groups excluding tert-OH is 1. The molecule has 1 atom stereocenters. The summed E-state index contributed by atoms with van der Waals surface area (Å²) in [6.07, 6.45) is 0.627. The van der Waals surface area contributed by atoms with Crippen molar-refractivity contribution in [3.8, 4) is 0 Å². The second-order valence-corrected chi connectivity index (χ2v) is 1.35. The molecule has 0 amide bonds. The van der Waals surface area contributed by atoms with Crippen molar-refractivity contribution in [1.82, 2.24) is 6.15 Å². The van der Waals surface area contributed by atoms with Crippen LogP contribution in [0.3, 0.4) is 0 Å². The Bertz CT molecular complexity index is 24.8. The first kappa shape index (κ1) is 9.51. The Morgan fingerprint density at radius 3 is 2.00 bits per heavy atom. The van der Waals surface area contributed by atoms with Gasteiger partial charge in [-0.25, -0.2) is 0 Å². The topological polar surface area (TPSA) is 55.2 Å². The van der Waals surface area contributed by atoms with E-state index in [1.54, 1.807) is 0 Å². The summed E-state index contributed by atoms with van der Waals surface area (Å²) in [6, 6.07) is 0. The van der Waals surface area contributed by atoms with Gasteiger partial charge in [0.25, 0.3) is 0 Å². The fraction of sp³-hybridized carbons (Fsp3) is 1.00. The predicted molar refractivity (Wildman–Crippen MR) is 27.2 cm³/mol. The van der Waals surface area contributed by atoms with E-state index in [0.29, 0.717) is 6.42 Å². The lowest BCUT2D eigenvalue weighted by Crippen LogP contribution is -1.88. The Balaban J connectivity index is 0. The monoisotopic (exact) mass is 111 g/mol. The van der Waals surface area contributed by atoms with Gasteiger partial charge in [-0.15, -0.1) is 0 Å². The van der Waals surface area contributed by atoms with Crippen LogP contribution in [0.1, 0.15) is 13.3 Å². The van der Waals surface area contributed by atoms with Crippen LogP contribution in [0.5, 0.6) is 0 Å². The minimum Gasteiger partial charge on any atom is -0.378 e. The van der Waals surface area contributed by atoms with Gasteiger partial charge in [0.05, 0.1) is 0 Å². The van der Waals surface area contributed by atoms with Crippen LogP contribution in [-0.4, -0.2) is 10.7 Å². The summed E-state index contributed by atoms with van der Waals surface area (Å²) in [7, 11) is 0. The Labute approximate surface area is 42.7 Å². The van der Waals surface area contributed by atoms with Gasteiger partial charge in [0.2, 0.25) is 0 Å². The second kappa shape index (κ2) is 5.21. The minimum atomic E-state index is -0.644. The van der Waals surface area contributed by atoms with Gasteiger partial charge in [0.1, 0.15) is 5.56 Å². The summed E-state index contributed by atoms with van der Waals surface area (Å²) in [5.74, 6) is 0. The molecule has 6 heavy (non-hydrogen) atoms. The first-order valence-electron chi connectivity index (χ1n) is 1.59. The molecule has 1 unspecified atom stereocenters. The van der Waals surface area contributed by atoms with Gasteiger partial charge < -0.3 is 11.3 Å². The largest absolute Gasteiger partial charge is 0.378 e. The van der Waals surface area contributed by atoms with Crippen molar-refractivity contribution in [2.75, 3.05) is 0 Å². The first-order valence-corrected chi connectivity index (χ1v) is 2.03. The SMILES string of the molecule is CCC(O)Cl.N. The summed E-state index contributed by atoms with van der Waals surface area (Å²) < 4.78 is 0. The molecule has 0 aromatic carbocycles. The van der Waals surface area contributed by atoms with E-state index in [2.05, 4.69) is 0 Å². The molecule has 4 N–H and O–H groups in total. The van der Waals surface area contributed by atoms with Crippen molar-refractivity contribution in [2.45, 2.75) is 18.9 Å². The summed E-state index contributed by atoms with van der Waals surface area (Å²) in [5, 5.41) is 8.13. The normalized spacial score (nSPS) is 12.5. The molecule has 0 saturated heterocycles. The van der Waals surface area contributed by atoms with E-state index in [9.17, 15) is 0 Å². The third kappa shape index (κ3) is 8.88. The fourth-order valence-electron chi connectivity index (χ4n) is 0. The van der Waals surface area contributed by atoms with Crippen LogP contribution < -0.4 is 6.15 Å². The zero-order chi connectivity index (χ0) is 4.28. The van der Waals surface area contributed by atoms with Crippen LogP contribution in [0.2, 0.25) is 0 Å². The molecule has 0 bridgehead atoms. The molecule has 0 aromatic heterocycles. The Morgan fingerprint density at radius 2 is 2.00 bits per heavy atom. The first-order chi connectivity index (χ1) is 2.27. The van der Waals surface area contributed by atoms with Crippen LogP contribution in [0, 0.1) is 0 Å². The third-order valence-electron chi connectivity index (χ3n) is 0.337. The highest BCUT2D eigenvalue weighted by Gasteiger charge is 1.85. The number of aliphatic hydroxyl groups is 1. The van der Waals surface area contributed by atoms with Crippen LogP contribution in [-0.2, 0) is 0 Å². The lowest BCUT2D eigenvalue weighted by atomic mass is 10.5. The maximum atomic E-state index is 8.13. The van der Waals surface area contributed by atoms with E-state index >= 15 is 0 Å². The number of alkyl halides is 1. The average molecular weight is 112 g/mol. The van der Waals surface area contributed by atoms with Crippen LogP contribution >= 0.6 is 11.6 Å². The highest BCUT2D eigenvalue weighted by molar-refractivity contribution is 6.19. The van der Waals surface area contributed by atoms with E-state index in [1.165, 1.54) is 0 Å². The molecule has 0 aromatic rings. The Kier molecular flexibility index (Phi) is 8.26. The predicted octanol–water partition coefficient (Wildman–Crippen LogP) is 1.12. The van der Waals surface area contributed by atoms with E-state index in [4.69, 9.17) is 16.7 Å². The molecule has 0 aliphatic heterocycles. The van der Waals surface area contributed by atoms with Gasteiger partial charge in [-0.2, -0.15) is 0 Å². The zero-order valence-electron chi connectivity index (χ0n) is 3.82. The maximum absolute atomic E-state index is 8.13.